The van der Waals surface area contributed by atoms with E-state index in [9.17, 15) is 14.7 Å². The van der Waals surface area contributed by atoms with Crippen LogP contribution in [0.15, 0.2) is 60.8 Å². The van der Waals surface area contributed by atoms with Gasteiger partial charge in [-0.15, -0.1) is 0 Å². The molecular formula is C25H29N5O3. The Morgan fingerprint density at radius 1 is 1.03 bits per heavy atom. The lowest BCUT2D eigenvalue weighted by atomic mass is 10.2. The van der Waals surface area contributed by atoms with Crippen molar-refractivity contribution in [2.45, 2.75) is 27.2 Å². The van der Waals surface area contributed by atoms with Gasteiger partial charge in [0.15, 0.2) is 0 Å². The third kappa shape index (κ3) is 6.06. The maximum Gasteiger partial charge on any atom is 0.411 e. The third-order valence-corrected chi connectivity index (χ3v) is 5.29. The lowest BCUT2D eigenvalue weighted by Gasteiger charge is -2.23. The monoisotopic (exact) mass is 447 g/mol. The third-order valence-electron chi connectivity index (χ3n) is 5.29. The van der Waals surface area contributed by atoms with Crippen molar-refractivity contribution >= 4 is 29.2 Å². The molecule has 0 unspecified atom stereocenters. The van der Waals surface area contributed by atoms with E-state index in [4.69, 9.17) is 0 Å². The fourth-order valence-electron chi connectivity index (χ4n) is 3.54. The van der Waals surface area contributed by atoms with Crippen molar-refractivity contribution in [2.75, 3.05) is 34.8 Å². The second-order valence-corrected chi connectivity index (χ2v) is 7.51. The number of carboxylic acid groups (broad SMARTS) is 1. The van der Waals surface area contributed by atoms with E-state index >= 15 is 0 Å². The molecule has 0 bridgehead atoms. The lowest BCUT2D eigenvalue weighted by molar-refractivity contribution is 0.102. The Bertz CT molecular complexity index is 1100. The largest absolute Gasteiger partial charge is 0.465 e. The van der Waals surface area contributed by atoms with E-state index in [1.165, 1.54) is 4.90 Å². The molecule has 2 heterocycles. The predicted molar refractivity (Wildman–Crippen MR) is 130 cm³/mol. The van der Waals surface area contributed by atoms with Crippen molar-refractivity contribution in [3.63, 3.8) is 0 Å². The molecule has 0 aliphatic rings. The summed E-state index contributed by atoms with van der Waals surface area (Å²) in [4.78, 5) is 37.0. The number of pyridine rings is 2. The van der Waals surface area contributed by atoms with E-state index < -0.39 is 6.09 Å². The fraction of sp³-hybridized carbons (Fsp3) is 0.280. The van der Waals surface area contributed by atoms with Gasteiger partial charge in [-0.3, -0.25) is 14.7 Å². The number of hydrogen-bond acceptors (Lipinski definition) is 5. The van der Waals surface area contributed by atoms with Crippen LogP contribution in [0.4, 0.5) is 22.0 Å². The molecule has 8 nitrogen and oxygen atoms in total. The van der Waals surface area contributed by atoms with Crippen LogP contribution in [0, 0.1) is 6.92 Å². The number of carbonyl (C=O) groups excluding carboxylic acids is 1. The topological polar surface area (TPSA) is 98.7 Å². The highest BCUT2D eigenvalue weighted by atomic mass is 16.4. The summed E-state index contributed by atoms with van der Waals surface area (Å²) in [7, 11) is 0. The molecule has 0 radical (unpaired) electrons. The molecule has 0 fully saturated rings. The number of hydrogen-bond donors (Lipinski definition) is 2. The van der Waals surface area contributed by atoms with E-state index in [1.54, 1.807) is 48.7 Å². The van der Waals surface area contributed by atoms with Crippen LogP contribution in [0.2, 0.25) is 0 Å². The highest BCUT2D eigenvalue weighted by Crippen LogP contribution is 2.21. The summed E-state index contributed by atoms with van der Waals surface area (Å²) in [6.45, 7) is 7.69. The minimum Gasteiger partial charge on any atom is -0.465 e. The number of nitrogens with zero attached hydrogens (tertiary/aromatic N) is 4. The van der Waals surface area contributed by atoms with E-state index in [-0.39, 0.29) is 12.5 Å². The molecule has 0 aliphatic carbocycles. The number of nitrogens with one attached hydrogen (secondary N) is 1. The van der Waals surface area contributed by atoms with Gasteiger partial charge in [0.05, 0.1) is 5.56 Å². The molecule has 3 rings (SSSR count). The predicted octanol–water partition coefficient (Wildman–Crippen LogP) is 4.61. The van der Waals surface area contributed by atoms with Crippen LogP contribution in [-0.4, -0.2) is 46.7 Å². The number of anilines is 3. The molecular weight excluding hydrogens is 418 g/mol. The molecule has 0 saturated heterocycles. The zero-order chi connectivity index (χ0) is 23.8. The van der Waals surface area contributed by atoms with E-state index in [0.717, 1.165) is 18.8 Å². The van der Waals surface area contributed by atoms with Crippen molar-refractivity contribution in [1.29, 1.82) is 0 Å². The Kier molecular flexibility index (Phi) is 7.96. The summed E-state index contributed by atoms with van der Waals surface area (Å²) in [6, 6.07) is 16.0. The highest BCUT2D eigenvalue weighted by Gasteiger charge is 2.18. The van der Waals surface area contributed by atoms with Crippen LogP contribution in [0.5, 0.6) is 0 Å². The second-order valence-electron chi connectivity index (χ2n) is 7.51. The van der Waals surface area contributed by atoms with E-state index in [2.05, 4.69) is 15.3 Å². The molecule has 0 aliphatic heterocycles. The zero-order valence-corrected chi connectivity index (χ0v) is 19.2. The summed E-state index contributed by atoms with van der Waals surface area (Å²) in [6.07, 6.45) is 0.986. The smallest absolute Gasteiger partial charge is 0.411 e. The number of carbonyl (C=O) groups is 2. The molecule has 2 aromatic heterocycles. The highest BCUT2D eigenvalue weighted by molar-refractivity contribution is 6.07. The van der Waals surface area contributed by atoms with Gasteiger partial charge >= 0.3 is 6.09 Å². The van der Waals surface area contributed by atoms with Crippen LogP contribution in [0.25, 0.3) is 0 Å². The first-order valence-corrected chi connectivity index (χ1v) is 11.0. The standard InChI is InChI=1S/C25H29N5O3/c1-4-29(5-2)23-22(12-11-18(3)27-23)24(31)28-20-13-15-26-19(17-20)14-16-30(25(32)33)21-9-7-6-8-10-21/h6-13,15,17H,4-5,14,16H2,1-3H3,(H,32,33)(H,26,28,31). The summed E-state index contributed by atoms with van der Waals surface area (Å²) >= 11 is 0. The summed E-state index contributed by atoms with van der Waals surface area (Å²) in [5.74, 6) is 0.407. The fourth-order valence-corrected chi connectivity index (χ4v) is 3.54. The van der Waals surface area contributed by atoms with Crippen LogP contribution in [0.1, 0.15) is 35.6 Å². The van der Waals surface area contributed by atoms with Crippen molar-refractivity contribution in [3.8, 4) is 0 Å². The van der Waals surface area contributed by atoms with Gasteiger partial charge in [-0.25, -0.2) is 9.78 Å². The Labute approximate surface area is 193 Å². The summed E-state index contributed by atoms with van der Waals surface area (Å²) in [5, 5.41) is 12.5. The molecule has 3 aromatic rings. The second kappa shape index (κ2) is 11.1. The SMILES string of the molecule is CCN(CC)c1nc(C)ccc1C(=O)Nc1ccnc(CCN(C(=O)O)c2ccccc2)c1. The number of para-hydroxylation sites is 1. The Morgan fingerprint density at radius 3 is 2.42 bits per heavy atom. The number of amides is 2. The summed E-state index contributed by atoms with van der Waals surface area (Å²) in [5.41, 5.74) is 3.23. The average Bonchev–Trinajstić information content (AvgIpc) is 2.81. The molecule has 8 heteroatoms. The first-order valence-electron chi connectivity index (χ1n) is 11.0. The normalized spacial score (nSPS) is 10.5. The van der Waals surface area contributed by atoms with E-state index in [1.807, 2.05) is 37.8 Å². The Morgan fingerprint density at radius 2 is 1.76 bits per heavy atom. The maximum absolute atomic E-state index is 13.1. The van der Waals surface area contributed by atoms with Crippen molar-refractivity contribution in [1.82, 2.24) is 9.97 Å². The van der Waals surface area contributed by atoms with Crippen molar-refractivity contribution < 1.29 is 14.7 Å². The molecule has 2 N–H and O–H groups in total. The van der Waals surface area contributed by atoms with Gasteiger partial charge in [-0.05, 0) is 57.2 Å². The van der Waals surface area contributed by atoms with Crippen LogP contribution in [0.3, 0.4) is 0 Å². The maximum atomic E-state index is 13.1. The van der Waals surface area contributed by atoms with Crippen LogP contribution >= 0.6 is 0 Å². The van der Waals surface area contributed by atoms with Crippen LogP contribution < -0.4 is 15.1 Å². The average molecular weight is 448 g/mol. The van der Waals surface area contributed by atoms with E-state index in [0.29, 0.717) is 34.9 Å². The molecule has 0 saturated carbocycles. The first kappa shape index (κ1) is 23.7. The Balaban J connectivity index is 1.74. The number of rotatable bonds is 9. The van der Waals surface area contributed by atoms with Gasteiger partial charge in [0.25, 0.3) is 5.91 Å². The molecule has 172 valence electrons. The minimum atomic E-state index is -1.03. The van der Waals surface area contributed by atoms with Gasteiger partial charge in [0.2, 0.25) is 0 Å². The van der Waals surface area contributed by atoms with Crippen molar-refractivity contribution in [2.24, 2.45) is 0 Å². The first-order chi connectivity index (χ1) is 15.9. The number of aryl methyl sites for hydroxylation is 1. The molecule has 0 atom stereocenters. The zero-order valence-electron chi connectivity index (χ0n) is 19.2. The van der Waals surface area contributed by atoms with Gasteiger partial charge in [0, 0.05) is 55.0 Å². The molecule has 0 spiro atoms. The summed E-state index contributed by atoms with van der Waals surface area (Å²) < 4.78 is 0. The molecule has 33 heavy (non-hydrogen) atoms. The molecule has 1 aromatic carbocycles. The van der Waals surface area contributed by atoms with Crippen LogP contribution in [-0.2, 0) is 6.42 Å². The Hall–Kier alpha value is -3.94. The lowest BCUT2D eigenvalue weighted by Crippen LogP contribution is -2.31. The quantitative estimate of drug-likeness (QED) is 0.497. The van der Waals surface area contributed by atoms with Gasteiger partial charge < -0.3 is 15.3 Å². The van der Waals surface area contributed by atoms with Crippen molar-refractivity contribution in [3.05, 3.63) is 77.7 Å². The van der Waals surface area contributed by atoms with Gasteiger partial charge in [-0.1, -0.05) is 18.2 Å². The number of aromatic nitrogens is 2. The van der Waals surface area contributed by atoms with Gasteiger partial charge in [0.1, 0.15) is 5.82 Å². The van der Waals surface area contributed by atoms with Gasteiger partial charge in [-0.2, -0.15) is 0 Å². The molecule has 2 amide bonds. The minimum absolute atomic E-state index is 0.248. The number of benzene rings is 1.